The van der Waals surface area contributed by atoms with Gasteiger partial charge in [-0.05, 0) is 0 Å². The molecule has 2 atom stereocenters. The second kappa shape index (κ2) is 3.72. The molecular formula is C15H10O5. The molecule has 4 rings (SSSR count). The lowest BCUT2D eigenvalue weighted by Crippen LogP contribution is -2.12. The predicted octanol–water partition coefficient (Wildman–Crippen LogP) is 2.11. The first-order chi connectivity index (χ1) is 9.70. The number of carbonyl (C=O) groups excluding carboxylic acids is 2. The number of ether oxygens (including phenoxy) is 2. The molecule has 1 saturated heterocycles. The van der Waals surface area contributed by atoms with Crippen LogP contribution in [0.25, 0.3) is 10.8 Å². The number of carbonyl (C=O) groups is 2. The lowest BCUT2D eigenvalue weighted by Gasteiger charge is -2.12. The number of fused-ring (bicyclic) bond motifs is 5. The zero-order chi connectivity index (χ0) is 13.9. The van der Waals surface area contributed by atoms with Gasteiger partial charge < -0.3 is 14.6 Å². The van der Waals surface area contributed by atoms with E-state index in [2.05, 4.69) is 0 Å². The molecule has 0 unspecified atom stereocenters. The van der Waals surface area contributed by atoms with Gasteiger partial charge in [-0.3, -0.25) is 9.59 Å². The van der Waals surface area contributed by atoms with Crippen molar-refractivity contribution in [2.45, 2.75) is 18.6 Å². The molecule has 0 spiro atoms. The Bertz CT molecular complexity index is 764. The van der Waals surface area contributed by atoms with E-state index in [1.807, 2.05) is 12.1 Å². The van der Waals surface area contributed by atoms with Crippen LogP contribution < -0.4 is 4.74 Å². The lowest BCUT2D eigenvalue weighted by molar-refractivity contribution is -0.141. The van der Waals surface area contributed by atoms with Crippen molar-refractivity contribution in [2.24, 2.45) is 0 Å². The van der Waals surface area contributed by atoms with Crippen molar-refractivity contribution in [1.82, 2.24) is 0 Å². The minimum Gasteiger partial charge on any atom is -0.507 e. The Balaban J connectivity index is 2.08. The lowest BCUT2D eigenvalue weighted by atomic mass is 9.95. The molecule has 2 aromatic rings. The molecule has 100 valence electrons. The number of hydrogen-bond donors (Lipinski definition) is 1. The van der Waals surface area contributed by atoms with E-state index in [1.54, 1.807) is 12.1 Å². The quantitative estimate of drug-likeness (QED) is 0.634. The normalized spacial score (nSPS) is 23.1. The van der Waals surface area contributed by atoms with Crippen LogP contribution in [0.3, 0.4) is 0 Å². The summed E-state index contributed by atoms with van der Waals surface area (Å²) in [6.07, 6.45) is -0.278. The number of benzene rings is 2. The maximum absolute atomic E-state index is 11.4. The molecule has 0 aliphatic carbocycles. The van der Waals surface area contributed by atoms with Crippen molar-refractivity contribution in [2.75, 3.05) is 0 Å². The van der Waals surface area contributed by atoms with Crippen LogP contribution in [0, 0.1) is 0 Å². The van der Waals surface area contributed by atoms with Crippen LogP contribution >= 0.6 is 0 Å². The second-order valence-corrected chi connectivity index (χ2v) is 4.94. The van der Waals surface area contributed by atoms with Gasteiger partial charge >= 0.3 is 5.97 Å². The fraction of sp³-hybridized carbons (Fsp3) is 0.200. The molecule has 2 aliphatic heterocycles. The number of hydrogen-bond acceptors (Lipinski definition) is 5. The second-order valence-electron chi connectivity index (χ2n) is 4.94. The highest BCUT2D eigenvalue weighted by atomic mass is 16.6. The Kier molecular flexibility index (Phi) is 2.10. The monoisotopic (exact) mass is 270 g/mol. The Morgan fingerprint density at radius 2 is 1.95 bits per heavy atom. The summed E-state index contributed by atoms with van der Waals surface area (Å²) >= 11 is 0. The van der Waals surface area contributed by atoms with Crippen LogP contribution in [0.4, 0.5) is 0 Å². The fourth-order valence-corrected chi connectivity index (χ4v) is 2.99. The van der Waals surface area contributed by atoms with Gasteiger partial charge in [0.2, 0.25) is 0 Å². The van der Waals surface area contributed by atoms with Gasteiger partial charge in [0, 0.05) is 10.8 Å². The highest BCUT2D eigenvalue weighted by molar-refractivity contribution is 6.02. The van der Waals surface area contributed by atoms with Crippen molar-refractivity contribution < 1.29 is 24.2 Å². The SMILES string of the molecule is O=Cc1c2c(c3ccccc3c1O)O[C@H]1CC(=O)O[C@@H]21. The third-order valence-corrected chi connectivity index (χ3v) is 3.85. The third-order valence-electron chi connectivity index (χ3n) is 3.85. The van der Waals surface area contributed by atoms with Crippen LogP contribution in [0.2, 0.25) is 0 Å². The summed E-state index contributed by atoms with van der Waals surface area (Å²) < 4.78 is 11.0. The summed E-state index contributed by atoms with van der Waals surface area (Å²) in [6.45, 7) is 0. The molecule has 0 radical (unpaired) electrons. The topological polar surface area (TPSA) is 72.8 Å². The molecule has 2 heterocycles. The summed E-state index contributed by atoms with van der Waals surface area (Å²) in [5.41, 5.74) is 0.618. The Labute approximate surface area is 113 Å². The van der Waals surface area contributed by atoms with E-state index >= 15 is 0 Å². The number of aromatic hydroxyl groups is 1. The molecule has 0 aromatic heterocycles. The van der Waals surface area contributed by atoms with Crippen LogP contribution in [0.1, 0.15) is 28.4 Å². The molecule has 2 aromatic carbocycles. The molecule has 5 heteroatoms. The molecule has 1 fully saturated rings. The van der Waals surface area contributed by atoms with Crippen LogP contribution in [-0.2, 0) is 9.53 Å². The number of phenolic OH excluding ortho intramolecular Hbond substituents is 1. The minimum absolute atomic E-state index is 0.0958. The van der Waals surface area contributed by atoms with Gasteiger partial charge in [-0.2, -0.15) is 0 Å². The van der Waals surface area contributed by atoms with Crippen LogP contribution in [-0.4, -0.2) is 23.5 Å². The molecule has 2 aliphatic rings. The number of phenols is 1. The van der Waals surface area contributed by atoms with Gasteiger partial charge in [-0.15, -0.1) is 0 Å². The van der Waals surface area contributed by atoms with E-state index in [1.165, 1.54) is 0 Å². The van der Waals surface area contributed by atoms with E-state index in [9.17, 15) is 14.7 Å². The van der Waals surface area contributed by atoms with E-state index in [-0.39, 0.29) is 23.7 Å². The molecule has 0 bridgehead atoms. The van der Waals surface area contributed by atoms with Gasteiger partial charge in [0.05, 0.1) is 17.5 Å². The molecular weight excluding hydrogens is 260 g/mol. The average Bonchev–Trinajstić information content (AvgIpc) is 2.96. The van der Waals surface area contributed by atoms with Crippen molar-refractivity contribution in [3.8, 4) is 11.5 Å². The first-order valence-corrected chi connectivity index (χ1v) is 6.29. The Morgan fingerprint density at radius 3 is 2.70 bits per heavy atom. The summed E-state index contributed by atoms with van der Waals surface area (Å²) in [6, 6.07) is 7.14. The van der Waals surface area contributed by atoms with Gasteiger partial charge in [0.15, 0.2) is 18.5 Å². The van der Waals surface area contributed by atoms with Gasteiger partial charge in [0.1, 0.15) is 11.5 Å². The standard InChI is InChI=1S/C15H10O5/c16-6-9-12-14(19-10-5-11(17)20-15(10)12)8-4-2-1-3-7(8)13(9)18/h1-4,6,10,15,18H,5H2/t10-,15+/m0/s1. The number of esters is 1. The zero-order valence-electron chi connectivity index (χ0n) is 10.3. The van der Waals surface area contributed by atoms with E-state index < -0.39 is 12.2 Å². The van der Waals surface area contributed by atoms with Gasteiger partial charge in [-0.1, -0.05) is 24.3 Å². The molecule has 0 saturated carbocycles. The van der Waals surface area contributed by atoms with Crippen molar-refractivity contribution in [1.29, 1.82) is 0 Å². The summed E-state index contributed by atoms with van der Waals surface area (Å²) in [5, 5.41) is 11.5. The Hall–Kier alpha value is -2.56. The summed E-state index contributed by atoms with van der Waals surface area (Å²) in [7, 11) is 0. The first-order valence-electron chi connectivity index (χ1n) is 6.29. The average molecular weight is 270 g/mol. The molecule has 1 N–H and O–H groups in total. The first kappa shape index (κ1) is 11.3. The highest BCUT2D eigenvalue weighted by Gasteiger charge is 2.47. The minimum atomic E-state index is -0.604. The number of aldehydes is 1. The van der Waals surface area contributed by atoms with Gasteiger partial charge in [0.25, 0.3) is 0 Å². The van der Waals surface area contributed by atoms with Crippen molar-refractivity contribution >= 4 is 23.0 Å². The van der Waals surface area contributed by atoms with Gasteiger partial charge in [-0.25, -0.2) is 0 Å². The number of rotatable bonds is 1. The zero-order valence-corrected chi connectivity index (χ0v) is 10.3. The maximum atomic E-state index is 11.4. The Morgan fingerprint density at radius 1 is 1.20 bits per heavy atom. The van der Waals surface area contributed by atoms with Crippen molar-refractivity contribution in [3.05, 3.63) is 35.4 Å². The molecule has 20 heavy (non-hydrogen) atoms. The van der Waals surface area contributed by atoms with Crippen LogP contribution in [0.15, 0.2) is 24.3 Å². The van der Waals surface area contributed by atoms with E-state index in [0.717, 1.165) is 5.39 Å². The third kappa shape index (κ3) is 1.27. The fourth-order valence-electron chi connectivity index (χ4n) is 2.99. The molecule has 5 nitrogen and oxygen atoms in total. The van der Waals surface area contributed by atoms with E-state index in [0.29, 0.717) is 23.0 Å². The summed E-state index contributed by atoms with van der Waals surface area (Å²) in [4.78, 5) is 22.7. The predicted molar refractivity (Wildman–Crippen MR) is 68.9 cm³/mol. The maximum Gasteiger partial charge on any atom is 0.310 e. The summed E-state index contributed by atoms with van der Waals surface area (Å²) in [5.74, 6) is 0.0831. The van der Waals surface area contributed by atoms with E-state index in [4.69, 9.17) is 9.47 Å². The van der Waals surface area contributed by atoms with Crippen LogP contribution in [0.5, 0.6) is 11.5 Å². The largest absolute Gasteiger partial charge is 0.507 e. The smallest absolute Gasteiger partial charge is 0.310 e. The highest BCUT2D eigenvalue weighted by Crippen LogP contribution is 2.51. The van der Waals surface area contributed by atoms with Crippen molar-refractivity contribution in [3.63, 3.8) is 0 Å². The molecule has 0 amide bonds.